The third-order valence-corrected chi connectivity index (χ3v) is 2.26. The van der Waals surface area contributed by atoms with Crippen LogP contribution in [0.25, 0.3) is 0 Å². The molecular formula is C12H16ClNO. The number of halogens is 1. The minimum Gasteiger partial charge on any atom is -0.354 e. The Kier molecular flexibility index (Phi) is 4.63. The lowest BCUT2D eigenvalue weighted by atomic mass is 10.1. The van der Waals surface area contributed by atoms with Gasteiger partial charge in [-0.25, -0.2) is 0 Å². The van der Waals surface area contributed by atoms with Crippen LogP contribution in [0.2, 0.25) is 5.02 Å². The van der Waals surface area contributed by atoms with E-state index in [0.29, 0.717) is 6.42 Å². The molecule has 0 spiro atoms. The fourth-order valence-corrected chi connectivity index (χ4v) is 1.43. The van der Waals surface area contributed by atoms with E-state index in [9.17, 15) is 4.79 Å². The van der Waals surface area contributed by atoms with E-state index in [1.165, 1.54) is 0 Å². The highest BCUT2D eigenvalue weighted by atomic mass is 35.5. The second-order valence-electron chi connectivity index (χ2n) is 3.85. The molecule has 0 aromatic heterocycles. The van der Waals surface area contributed by atoms with Crippen molar-refractivity contribution in [3.63, 3.8) is 0 Å². The summed E-state index contributed by atoms with van der Waals surface area (Å²) in [4.78, 5) is 11.4. The minimum atomic E-state index is 0.0972. The predicted octanol–water partition coefficient (Wildman–Crippen LogP) is 2.80. The molecule has 82 valence electrons. The molecule has 0 fully saturated rings. The number of hydrogen-bond donors (Lipinski definition) is 1. The van der Waals surface area contributed by atoms with Crippen molar-refractivity contribution >= 4 is 17.5 Å². The standard InChI is InChI=1S/C12H16ClNO/c1-9(2)14-12(15)8-5-10-3-6-11(13)7-4-10/h3-4,6-7,9H,5,8H2,1-2H3,(H,14,15). The molecule has 3 heteroatoms. The smallest absolute Gasteiger partial charge is 0.220 e. The van der Waals surface area contributed by atoms with Crippen LogP contribution in [0.1, 0.15) is 25.8 Å². The van der Waals surface area contributed by atoms with Gasteiger partial charge in [-0.15, -0.1) is 0 Å². The first kappa shape index (κ1) is 12.1. The van der Waals surface area contributed by atoms with Gasteiger partial charge in [0, 0.05) is 17.5 Å². The van der Waals surface area contributed by atoms with Crippen molar-refractivity contribution in [2.24, 2.45) is 0 Å². The first-order valence-corrected chi connectivity index (χ1v) is 5.49. The molecule has 0 atom stereocenters. The quantitative estimate of drug-likeness (QED) is 0.839. The number of rotatable bonds is 4. The molecule has 1 amide bonds. The molecule has 1 rings (SSSR count). The Bertz CT molecular complexity index is 319. The van der Waals surface area contributed by atoms with Gasteiger partial charge in [-0.3, -0.25) is 4.79 Å². The van der Waals surface area contributed by atoms with Crippen molar-refractivity contribution in [2.45, 2.75) is 32.7 Å². The third kappa shape index (κ3) is 4.84. The molecule has 0 aliphatic heterocycles. The maximum absolute atomic E-state index is 11.4. The summed E-state index contributed by atoms with van der Waals surface area (Å²) >= 11 is 5.76. The molecule has 2 nitrogen and oxygen atoms in total. The molecule has 0 radical (unpaired) electrons. The van der Waals surface area contributed by atoms with Crippen LogP contribution in [0.4, 0.5) is 0 Å². The third-order valence-electron chi connectivity index (χ3n) is 2.00. The Morgan fingerprint density at radius 3 is 2.47 bits per heavy atom. The summed E-state index contributed by atoms with van der Waals surface area (Å²) < 4.78 is 0. The van der Waals surface area contributed by atoms with E-state index in [-0.39, 0.29) is 11.9 Å². The lowest BCUT2D eigenvalue weighted by Gasteiger charge is -2.07. The van der Waals surface area contributed by atoms with Crippen LogP contribution < -0.4 is 5.32 Å². The molecule has 1 aromatic rings. The number of aryl methyl sites for hydroxylation is 1. The summed E-state index contributed by atoms with van der Waals surface area (Å²) in [6.07, 6.45) is 1.29. The Morgan fingerprint density at radius 2 is 1.93 bits per heavy atom. The maximum Gasteiger partial charge on any atom is 0.220 e. The van der Waals surface area contributed by atoms with Crippen LogP contribution in [-0.2, 0) is 11.2 Å². The normalized spacial score (nSPS) is 10.4. The van der Waals surface area contributed by atoms with Crippen LogP contribution in [0, 0.1) is 0 Å². The molecule has 0 aliphatic carbocycles. The highest BCUT2D eigenvalue weighted by Crippen LogP contribution is 2.10. The van der Waals surface area contributed by atoms with E-state index in [2.05, 4.69) is 5.32 Å². The number of nitrogens with one attached hydrogen (secondary N) is 1. The van der Waals surface area contributed by atoms with Gasteiger partial charge in [0.2, 0.25) is 5.91 Å². The van der Waals surface area contributed by atoms with Crippen molar-refractivity contribution < 1.29 is 4.79 Å². The van der Waals surface area contributed by atoms with E-state index in [1.807, 2.05) is 38.1 Å². The first-order chi connectivity index (χ1) is 7.08. The molecule has 0 saturated carbocycles. The van der Waals surface area contributed by atoms with E-state index >= 15 is 0 Å². The molecule has 1 aromatic carbocycles. The topological polar surface area (TPSA) is 29.1 Å². The van der Waals surface area contributed by atoms with Gasteiger partial charge in [-0.05, 0) is 38.0 Å². The molecule has 0 saturated heterocycles. The van der Waals surface area contributed by atoms with E-state index in [0.717, 1.165) is 17.0 Å². The van der Waals surface area contributed by atoms with E-state index < -0.39 is 0 Å². The van der Waals surface area contributed by atoms with Gasteiger partial charge in [0.25, 0.3) is 0 Å². The Morgan fingerprint density at radius 1 is 1.33 bits per heavy atom. The summed E-state index contributed by atoms with van der Waals surface area (Å²) in [5.41, 5.74) is 1.14. The number of benzene rings is 1. The zero-order valence-corrected chi connectivity index (χ0v) is 9.84. The van der Waals surface area contributed by atoms with Gasteiger partial charge < -0.3 is 5.32 Å². The Labute approximate surface area is 95.6 Å². The first-order valence-electron chi connectivity index (χ1n) is 5.11. The number of amides is 1. The molecule has 0 aliphatic rings. The second kappa shape index (κ2) is 5.76. The molecule has 0 heterocycles. The monoisotopic (exact) mass is 225 g/mol. The largest absolute Gasteiger partial charge is 0.354 e. The van der Waals surface area contributed by atoms with Gasteiger partial charge in [0.1, 0.15) is 0 Å². The number of carbonyl (C=O) groups is 1. The van der Waals surface area contributed by atoms with Gasteiger partial charge in [0.15, 0.2) is 0 Å². The van der Waals surface area contributed by atoms with Crippen LogP contribution in [0.15, 0.2) is 24.3 Å². The van der Waals surface area contributed by atoms with Crippen molar-refractivity contribution in [3.05, 3.63) is 34.9 Å². The predicted molar refractivity (Wildman–Crippen MR) is 63.1 cm³/mol. The highest BCUT2D eigenvalue weighted by molar-refractivity contribution is 6.30. The Balaban J connectivity index is 2.37. The van der Waals surface area contributed by atoms with Crippen molar-refractivity contribution in [3.8, 4) is 0 Å². The SMILES string of the molecule is CC(C)NC(=O)CCc1ccc(Cl)cc1. The van der Waals surface area contributed by atoms with Crippen LogP contribution in [0.5, 0.6) is 0 Å². The van der Waals surface area contributed by atoms with E-state index in [4.69, 9.17) is 11.6 Å². The van der Waals surface area contributed by atoms with Crippen molar-refractivity contribution in [1.29, 1.82) is 0 Å². The van der Waals surface area contributed by atoms with Crippen molar-refractivity contribution in [2.75, 3.05) is 0 Å². The summed E-state index contributed by atoms with van der Waals surface area (Å²) in [6.45, 7) is 3.92. The zero-order valence-electron chi connectivity index (χ0n) is 9.09. The minimum absolute atomic E-state index is 0.0972. The van der Waals surface area contributed by atoms with Crippen LogP contribution in [-0.4, -0.2) is 11.9 Å². The fraction of sp³-hybridized carbons (Fsp3) is 0.417. The summed E-state index contributed by atoms with van der Waals surface area (Å²) in [6, 6.07) is 7.80. The zero-order chi connectivity index (χ0) is 11.3. The summed E-state index contributed by atoms with van der Waals surface area (Å²) in [5.74, 6) is 0.0972. The molecule has 15 heavy (non-hydrogen) atoms. The molecule has 0 unspecified atom stereocenters. The van der Waals surface area contributed by atoms with Crippen molar-refractivity contribution in [1.82, 2.24) is 5.32 Å². The van der Waals surface area contributed by atoms with Crippen LogP contribution >= 0.6 is 11.6 Å². The lowest BCUT2D eigenvalue weighted by molar-refractivity contribution is -0.121. The van der Waals surface area contributed by atoms with Gasteiger partial charge in [-0.2, -0.15) is 0 Å². The van der Waals surface area contributed by atoms with Gasteiger partial charge in [-0.1, -0.05) is 23.7 Å². The summed E-state index contributed by atoms with van der Waals surface area (Å²) in [7, 11) is 0. The average molecular weight is 226 g/mol. The Hall–Kier alpha value is -1.02. The van der Waals surface area contributed by atoms with Crippen LogP contribution in [0.3, 0.4) is 0 Å². The molecular weight excluding hydrogens is 210 g/mol. The van der Waals surface area contributed by atoms with Gasteiger partial charge in [0.05, 0.1) is 0 Å². The maximum atomic E-state index is 11.4. The number of hydrogen-bond acceptors (Lipinski definition) is 1. The molecule has 0 bridgehead atoms. The van der Waals surface area contributed by atoms with E-state index in [1.54, 1.807) is 0 Å². The molecule has 1 N–H and O–H groups in total. The average Bonchev–Trinajstić information content (AvgIpc) is 2.16. The number of carbonyl (C=O) groups excluding carboxylic acids is 1. The second-order valence-corrected chi connectivity index (χ2v) is 4.29. The fourth-order valence-electron chi connectivity index (χ4n) is 1.30. The lowest BCUT2D eigenvalue weighted by Crippen LogP contribution is -2.30. The van der Waals surface area contributed by atoms with Gasteiger partial charge >= 0.3 is 0 Å². The highest BCUT2D eigenvalue weighted by Gasteiger charge is 2.03. The summed E-state index contributed by atoms with van der Waals surface area (Å²) in [5, 5.41) is 3.59.